The largest absolute Gasteiger partial charge is 0.352 e. The van der Waals surface area contributed by atoms with Crippen LogP contribution in [0, 0.1) is 0 Å². The fraction of sp³-hybridized carbons (Fsp3) is 0.444. The number of likely N-dealkylation sites (N-methyl/N-ethyl adjacent to an activating group) is 1. The molecular formula is C18H23N5O3S. The maximum absolute atomic E-state index is 13.2. The van der Waals surface area contributed by atoms with Gasteiger partial charge < -0.3 is 10.3 Å². The van der Waals surface area contributed by atoms with E-state index in [-0.39, 0.29) is 16.8 Å². The molecule has 0 aliphatic carbocycles. The number of sulfonamides is 1. The van der Waals surface area contributed by atoms with Crippen molar-refractivity contribution in [3.63, 3.8) is 0 Å². The van der Waals surface area contributed by atoms with E-state index in [2.05, 4.69) is 27.1 Å². The second-order valence-corrected chi connectivity index (χ2v) is 8.74. The number of nitrogens with zero attached hydrogens (tertiary/aromatic N) is 3. The van der Waals surface area contributed by atoms with Crippen molar-refractivity contribution in [1.82, 2.24) is 24.5 Å². The summed E-state index contributed by atoms with van der Waals surface area (Å²) in [7, 11) is -3.69. The van der Waals surface area contributed by atoms with Gasteiger partial charge in [0, 0.05) is 44.1 Å². The Morgan fingerprint density at radius 3 is 2.89 bits per heavy atom. The highest BCUT2D eigenvalue weighted by molar-refractivity contribution is 7.89. The van der Waals surface area contributed by atoms with Crippen LogP contribution in [0.15, 0.2) is 35.5 Å². The van der Waals surface area contributed by atoms with Crippen LogP contribution in [-0.4, -0.2) is 66.2 Å². The molecule has 2 aliphatic rings. The monoisotopic (exact) mass is 389 g/mol. The third-order valence-electron chi connectivity index (χ3n) is 5.34. The molecule has 2 N–H and O–H groups in total. The summed E-state index contributed by atoms with van der Waals surface area (Å²) in [5.74, 6) is 0.555. The summed E-state index contributed by atoms with van der Waals surface area (Å²) in [5, 5.41) is 2.77. The van der Waals surface area contributed by atoms with Gasteiger partial charge in [0.2, 0.25) is 10.0 Å². The Kier molecular flexibility index (Phi) is 4.75. The van der Waals surface area contributed by atoms with Crippen molar-refractivity contribution in [1.29, 1.82) is 0 Å². The summed E-state index contributed by atoms with van der Waals surface area (Å²) in [4.78, 5) is 21.9. The van der Waals surface area contributed by atoms with Crippen molar-refractivity contribution >= 4 is 15.9 Å². The highest BCUT2D eigenvalue weighted by Gasteiger charge is 2.36. The molecule has 1 aromatic carbocycles. The minimum atomic E-state index is -3.69. The molecule has 144 valence electrons. The number of nitrogens with one attached hydrogen (secondary N) is 2. The van der Waals surface area contributed by atoms with Gasteiger partial charge in [-0.05, 0) is 30.7 Å². The van der Waals surface area contributed by atoms with Gasteiger partial charge in [-0.2, -0.15) is 4.31 Å². The molecule has 3 heterocycles. The average Bonchev–Trinajstić information content (AvgIpc) is 3.22. The van der Waals surface area contributed by atoms with Gasteiger partial charge in [-0.3, -0.25) is 9.69 Å². The van der Waals surface area contributed by atoms with E-state index in [4.69, 9.17) is 0 Å². The molecular weight excluding hydrogens is 366 g/mol. The second-order valence-electron chi connectivity index (χ2n) is 6.81. The van der Waals surface area contributed by atoms with Crippen molar-refractivity contribution in [3.05, 3.63) is 47.5 Å². The van der Waals surface area contributed by atoms with Gasteiger partial charge in [0.25, 0.3) is 5.91 Å². The van der Waals surface area contributed by atoms with E-state index in [1.54, 1.807) is 24.5 Å². The van der Waals surface area contributed by atoms with E-state index in [9.17, 15) is 13.2 Å². The number of carbonyl (C=O) groups excluding carboxylic acids is 1. The van der Waals surface area contributed by atoms with Gasteiger partial charge in [-0.1, -0.05) is 13.0 Å². The lowest BCUT2D eigenvalue weighted by molar-refractivity contribution is 0.0945. The van der Waals surface area contributed by atoms with Crippen LogP contribution in [0.2, 0.25) is 0 Å². The first-order valence-electron chi connectivity index (χ1n) is 9.15. The van der Waals surface area contributed by atoms with Crippen LogP contribution in [0.5, 0.6) is 0 Å². The first kappa shape index (κ1) is 18.1. The van der Waals surface area contributed by atoms with Crippen LogP contribution in [0.25, 0.3) is 0 Å². The number of hydrogen-bond acceptors (Lipinski definition) is 5. The number of aromatic amines is 1. The van der Waals surface area contributed by atoms with Gasteiger partial charge >= 0.3 is 0 Å². The lowest BCUT2D eigenvalue weighted by Gasteiger charge is -2.39. The highest BCUT2D eigenvalue weighted by Crippen LogP contribution is 2.28. The minimum Gasteiger partial charge on any atom is -0.352 e. The quantitative estimate of drug-likeness (QED) is 0.805. The predicted molar refractivity (Wildman–Crippen MR) is 99.8 cm³/mol. The number of carbonyl (C=O) groups is 1. The molecule has 0 saturated carbocycles. The molecule has 0 bridgehead atoms. The molecule has 1 aromatic heterocycles. The first-order valence-corrected chi connectivity index (χ1v) is 10.6. The first-order chi connectivity index (χ1) is 13.0. The number of benzene rings is 1. The van der Waals surface area contributed by atoms with Crippen LogP contribution in [0.3, 0.4) is 0 Å². The van der Waals surface area contributed by atoms with E-state index < -0.39 is 10.0 Å². The van der Waals surface area contributed by atoms with Gasteiger partial charge in [-0.25, -0.2) is 13.4 Å². The zero-order valence-corrected chi connectivity index (χ0v) is 16.0. The summed E-state index contributed by atoms with van der Waals surface area (Å²) in [5.41, 5.74) is 1.35. The van der Waals surface area contributed by atoms with Crippen LogP contribution >= 0.6 is 0 Å². The number of amides is 1. The van der Waals surface area contributed by atoms with E-state index in [0.29, 0.717) is 31.7 Å². The number of fused-ring (bicyclic) bond motifs is 1. The summed E-state index contributed by atoms with van der Waals surface area (Å²) >= 11 is 0. The highest BCUT2D eigenvalue weighted by atomic mass is 32.2. The Balaban J connectivity index is 1.64. The summed E-state index contributed by atoms with van der Waals surface area (Å²) in [6.07, 6.45) is 4.15. The molecule has 2 aromatic rings. The van der Waals surface area contributed by atoms with Crippen LogP contribution in [-0.2, 0) is 16.4 Å². The maximum atomic E-state index is 13.2. The Hall–Kier alpha value is -2.23. The number of rotatable bonds is 4. The predicted octanol–water partition coefficient (Wildman–Crippen LogP) is 0.763. The topological polar surface area (TPSA) is 98.4 Å². The van der Waals surface area contributed by atoms with Gasteiger partial charge in [0.1, 0.15) is 5.82 Å². The van der Waals surface area contributed by atoms with Crippen LogP contribution < -0.4 is 5.32 Å². The zero-order valence-electron chi connectivity index (χ0n) is 15.2. The normalized spacial score (nSPS) is 21.7. The smallest absolute Gasteiger partial charge is 0.251 e. The number of imidazole rings is 1. The molecule has 1 amide bonds. The van der Waals surface area contributed by atoms with Gasteiger partial charge in [0.05, 0.1) is 10.9 Å². The van der Waals surface area contributed by atoms with Crippen LogP contribution in [0.1, 0.15) is 34.7 Å². The second kappa shape index (κ2) is 7.06. The van der Waals surface area contributed by atoms with Gasteiger partial charge in [-0.15, -0.1) is 0 Å². The summed E-state index contributed by atoms with van der Waals surface area (Å²) in [6, 6.07) is 4.76. The summed E-state index contributed by atoms with van der Waals surface area (Å²) < 4.78 is 28.0. The zero-order chi connectivity index (χ0) is 19.0. The molecule has 8 nitrogen and oxygen atoms in total. The third-order valence-corrected chi connectivity index (χ3v) is 7.20. The van der Waals surface area contributed by atoms with Crippen molar-refractivity contribution in [2.75, 3.05) is 32.7 Å². The Morgan fingerprint density at radius 1 is 1.30 bits per heavy atom. The van der Waals surface area contributed by atoms with Crippen LogP contribution in [0.4, 0.5) is 0 Å². The molecule has 0 spiro atoms. The standard InChI is InChI=1S/C18H23N5O3S/c1-2-22-9-10-23(12-16(22)17-19-7-8-20-17)27(25,26)14-4-3-13-5-6-21-18(24)15(13)11-14/h3-4,7-8,11,16H,2,5-6,9-10,12H2,1H3,(H,19,20)(H,21,24)/t16-/m0/s1. The molecule has 0 unspecified atom stereocenters. The van der Waals surface area contributed by atoms with Crippen molar-refractivity contribution in [3.8, 4) is 0 Å². The molecule has 9 heteroatoms. The molecule has 1 atom stereocenters. The SMILES string of the molecule is CCN1CCN(S(=O)(=O)c2ccc3c(c2)C(=O)NCC3)C[C@H]1c1ncc[nH]1. The molecule has 2 aliphatic heterocycles. The molecule has 27 heavy (non-hydrogen) atoms. The Bertz CT molecular complexity index is 942. The third kappa shape index (κ3) is 3.26. The van der Waals surface area contributed by atoms with E-state index >= 15 is 0 Å². The Morgan fingerprint density at radius 2 is 2.15 bits per heavy atom. The van der Waals surface area contributed by atoms with Gasteiger partial charge in [0.15, 0.2) is 0 Å². The molecule has 1 fully saturated rings. The molecule has 0 radical (unpaired) electrons. The molecule has 4 rings (SSSR count). The number of aromatic nitrogens is 2. The number of H-pyrrole nitrogens is 1. The lowest BCUT2D eigenvalue weighted by Crippen LogP contribution is -2.50. The average molecular weight is 389 g/mol. The molecule has 1 saturated heterocycles. The van der Waals surface area contributed by atoms with Crippen molar-refractivity contribution in [2.45, 2.75) is 24.3 Å². The van der Waals surface area contributed by atoms with Crippen molar-refractivity contribution < 1.29 is 13.2 Å². The summed E-state index contributed by atoms with van der Waals surface area (Å²) in [6.45, 7) is 4.83. The number of hydrogen-bond donors (Lipinski definition) is 2. The fourth-order valence-electron chi connectivity index (χ4n) is 3.81. The number of piperazine rings is 1. The fourth-order valence-corrected chi connectivity index (χ4v) is 5.28. The van der Waals surface area contributed by atoms with E-state index in [1.807, 2.05) is 0 Å². The lowest BCUT2D eigenvalue weighted by atomic mass is 10.0. The maximum Gasteiger partial charge on any atom is 0.251 e. The van der Waals surface area contributed by atoms with E-state index in [1.165, 1.54) is 10.4 Å². The Labute approximate surface area is 158 Å². The van der Waals surface area contributed by atoms with E-state index in [0.717, 1.165) is 24.4 Å². The van der Waals surface area contributed by atoms with Crippen molar-refractivity contribution in [2.24, 2.45) is 0 Å². The minimum absolute atomic E-state index is 0.116.